The average molecular weight is 489 g/mol. The first-order valence-electron chi connectivity index (χ1n) is 9.62. The highest BCUT2D eigenvalue weighted by Gasteiger charge is 2.24. The van der Waals surface area contributed by atoms with Gasteiger partial charge in [0.2, 0.25) is 5.91 Å². The monoisotopic (exact) mass is 488 g/mol. The first-order chi connectivity index (χ1) is 15.7. The van der Waals surface area contributed by atoms with Crippen LogP contribution < -0.4 is 16.0 Å². The summed E-state index contributed by atoms with van der Waals surface area (Å²) in [5, 5.41) is 29.9. The second-order valence-electron chi connectivity index (χ2n) is 6.91. The minimum Gasteiger partial charge on any atom is -0.508 e. The molecule has 33 heavy (non-hydrogen) atoms. The number of nitrogens with one attached hydrogen (secondary N) is 3. The fourth-order valence-electron chi connectivity index (χ4n) is 2.79. The van der Waals surface area contributed by atoms with E-state index in [4.69, 9.17) is 0 Å². The number of aromatic nitrogens is 1. The second kappa shape index (κ2) is 10.7. The number of aryl methyl sites for hydroxylation is 1. The summed E-state index contributed by atoms with van der Waals surface area (Å²) in [7, 11) is 0. The number of aromatic hydroxyl groups is 1. The lowest BCUT2D eigenvalue weighted by molar-refractivity contribution is -0.139. The van der Waals surface area contributed by atoms with Crippen molar-refractivity contribution in [3.05, 3.63) is 62.8 Å². The molecule has 12 heteroatoms. The van der Waals surface area contributed by atoms with Gasteiger partial charge in [-0.2, -0.15) is 11.3 Å². The molecule has 0 aliphatic carbocycles. The fourth-order valence-corrected chi connectivity index (χ4v) is 4.31. The van der Waals surface area contributed by atoms with Crippen LogP contribution >= 0.6 is 22.7 Å². The maximum Gasteiger partial charge on any atom is 0.328 e. The topological polar surface area (TPSA) is 158 Å². The van der Waals surface area contributed by atoms with E-state index in [0.717, 1.165) is 11.3 Å². The summed E-state index contributed by atoms with van der Waals surface area (Å²) in [6.45, 7) is 1.26. The number of rotatable bonds is 9. The Kier molecular flexibility index (Phi) is 7.74. The number of benzene rings is 1. The molecule has 0 saturated carbocycles. The number of anilines is 1. The molecule has 172 valence electrons. The van der Waals surface area contributed by atoms with Gasteiger partial charge >= 0.3 is 5.97 Å². The molecule has 1 atom stereocenters. The van der Waals surface area contributed by atoms with Crippen molar-refractivity contribution in [2.24, 2.45) is 0 Å². The average Bonchev–Trinajstić information content (AvgIpc) is 3.40. The molecule has 10 nitrogen and oxygen atoms in total. The molecule has 0 saturated heterocycles. The van der Waals surface area contributed by atoms with Crippen LogP contribution in [0, 0.1) is 6.92 Å². The first kappa shape index (κ1) is 23.9. The van der Waals surface area contributed by atoms with Crippen LogP contribution in [0.2, 0.25) is 0 Å². The molecule has 0 aliphatic heterocycles. The number of nitrogens with zero attached hydrogens (tertiary/aromatic N) is 1. The van der Waals surface area contributed by atoms with E-state index in [2.05, 4.69) is 20.9 Å². The number of thiazole rings is 1. The molecule has 0 fully saturated rings. The third kappa shape index (κ3) is 6.60. The van der Waals surface area contributed by atoms with Crippen LogP contribution in [0.15, 0.2) is 41.1 Å². The Morgan fingerprint density at radius 1 is 1.15 bits per heavy atom. The molecule has 2 heterocycles. The number of aliphatic carboxylic acids is 1. The minimum absolute atomic E-state index is 0.000522. The number of hydrogen-bond acceptors (Lipinski definition) is 8. The molecular formula is C21H20N4O6S2. The molecule has 0 spiro atoms. The molecule has 1 aromatic carbocycles. The number of carbonyl (C=O) groups excluding carboxylic acids is 3. The second-order valence-corrected chi connectivity index (χ2v) is 8.69. The third-order valence-electron chi connectivity index (χ3n) is 4.38. The van der Waals surface area contributed by atoms with E-state index in [9.17, 15) is 29.4 Å². The summed E-state index contributed by atoms with van der Waals surface area (Å²) in [6, 6.07) is 6.52. The van der Waals surface area contributed by atoms with Crippen LogP contribution in [0.5, 0.6) is 5.75 Å². The summed E-state index contributed by atoms with van der Waals surface area (Å²) in [5.74, 6) is -2.78. The Bertz CT molecular complexity index is 1180. The lowest BCUT2D eigenvalue weighted by Gasteiger charge is -2.14. The summed E-state index contributed by atoms with van der Waals surface area (Å²) in [4.78, 5) is 52.7. The summed E-state index contributed by atoms with van der Waals surface area (Å²) < 4.78 is 0. The van der Waals surface area contributed by atoms with Crippen LogP contribution in [0.1, 0.15) is 31.3 Å². The van der Waals surface area contributed by atoms with E-state index < -0.39 is 23.8 Å². The highest BCUT2D eigenvalue weighted by atomic mass is 32.1. The number of phenols is 1. The minimum atomic E-state index is -1.36. The number of carboxylic acids is 1. The first-order valence-corrected chi connectivity index (χ1v) is 11.4. The normalized spacial score (nSPS) is 11.4. The van der Waals surface area contributed by atoms with Gasteiger partial charge in [-0.3, -0.25) is 14.4 Å². The van der Waals surface area contributed by atoms with E-state index in [1.807, 2.05) is 0 Å². The van der Waals surface area contributed by atoms with Crippen LogP contribution in [0.3, 0.4) is 0 Å². The molecule has 3 aromatic rings. The summed E-state index contributed by atoms with van der Waals surface area (Å²) in [6.07, 6.45) is -0.000522. The van der Waals surface area contributed by atoms with Crippen molar-refractivity contribution in [1.29, 1.82) is 0 Å². The van der Waals surface area contributed by atoms with Gasteiger partial charge in [0.05, 0.1) is 12.1 Å². The van der Waals surface area contributed by atoms with Gasteiger partial charge in [0.25, 0.3) is 11.8 Å². The Labute approximate surface area is 196 Å². The summed E-state index contributed by atoms with van der Waals surface area (Å²) in [5.41, 5.74) is 1.32. The Balaban J connectivity index is 1.60. The van der Waals surface area contributed by atoms with E-state index in [1.54, 1.807) is 35.9 Å². The summed E-state index contributed by atoms with van der Waals surface area (Å²) >= 11 is 2.23. The van der Waals surface area contributed by atoms with Gasteiger partial charge in [0.1, 0.15) is 16.7 Å². The van der Waals surface area contributed by atoms with Crippen molar-refractivity contribution in [1.82, 2.24) is 15.6 Å². The van der Waals surface area contributed by atoms with Crippen molar-refractivity contribution in [3.63, 3.8) is 0 Å². The predicted molar refractivity (Wildman–Crippen MR) is 123 cm³/mol. The van der Waals surface area contributed by atoms with Gasteiger partial charge in [-0.1, -0.05) is 23.5 Å². The van der Waals surface area contributed by atoms with Crippen molar-refractivity contribution in [2.75, 3.05) is 11.9 Å². The van der Waals surface area contributed by atoms with Gasteiger partial charge in [-0.25, -0.2) is 9.78 Å². The van der Waals surface area contributed by atoms with Crippen molar-refractivity contribution < 1.29 is 29.4 Å². The van der Waals surface area contributed by atoms with E-state index in [-0.39, 0.29) is 34.6 Å². The van der Waals surface area contributed by atoms with Gasteiger partial charge in [-0.05, 0) is 36.1 Å². The maximum atomic E-state index is 12.6. The molecule has 0 bridgehead atoms. The van der Waals surface area contributed by atoms with E-state index >= 15 is 0 Å². The van der Waals surface area contributed by atoms with Crippen LogP contribution in [0.4, 0.5) is 5.13 Å². The zero-order valence-electron chi connectivity index (χ0n) is 17.3. The molecule has 5 N–H and O–H groups in total. The van der Waals surface area contributed by atoms with Crippen LogP contribution in [-0.2, 0) is 16.0 Å². The molecule has 0 aliphatic rings. The largest absolute Gasteiger partial charge is 0.508 e. The third-order valence-corrected chi connectivity index (χ3v) is 6.13. The van der Waals surface area contributed by atoms with Crippen molar-refractivity contribution in [2.45, 2.75) is 19.4 Å². The number of carboxylic acid groups (broad SMARTS) is 1. The van der Waals surface area contributed by atoms with Gasteiger partial charge in [-0.15, -0.1) is 0 Å². The lowest BCUT2D eigenvalue weighted by Crippen LogP contribution is -2.48. The zero-order chi connectivity index (χ0) is 24.0. The number of phenolic OH excluding ortho intramolecular Hbond substituents is 1. The smallest absolute Gasteiger partial charge is 0.328 e. The fraction of sp³-hybridized carbons (Fsp3) is 0.190. The molecule has 3 rings (SSSR count). The highest BCUT2D eigenvalue weighted by molar-refractivity contribution is 7.17. The molecule has 1 unspecified atom stereocenters. The number of amides is 3. The quantitative estimate of drug-likeness (QED) is 0.308. The number of carbonyl (C=O) groups is 4. The van der Waals surface area contributed by atoms with Crippen LogP contribution in [0.25, 0.3) is 0 Å². The Morgan fingerprint density at radius 3 is 2.61 bits per heavy atom. The van der Waals surface area contributed by atoms with E-state index in [0.29, 0.717) is 16.8 Å². The Morgan fingerprint density at radius 2 is 1.94 bits per heavy atom. The standard InChI is InChI=1S/C21H20N4O6S2/c1-11-17(33-21(23-11)25-16(27)8-12-3-2-4-14(26)7-12)19(29)24-15(20(30)31)9-22-18(28)13-5-6-32-10-13/h2-7,10,15,26H,8-9H2,1H3,(H,22,28)(H,24,29)(H,30,31)(H,23,25,27). The molecule has 2 aromatic heterocycles. The lowest BCUT2D eigenvalue weighted by atomic mass is 10.1. The van der Waals surface area contributed by atoms with Crippen molar-refractivity contribution >= 4 is 51.5 Å². The highest BCUT2D eigenvalue weighted by Crippen LogP contribution is 2.23. The molecular weight excluding hydrogens is 468 g/mol. The molecule has 3 amide bonds. The SMILES string of the molecule is Cc1nc(NC(=O)Cc2cccc(O)c2)sc1C(=O)NC(CNC(=O)c1ccsc1)C(=O)O. The van der Waals surface area contributed by atoms with Gasteiger partial charge in [0.15, 0.2) is 5.13 Å². The molecule has 0 radical (unpaired) electrons. The maximum absolute atomic E-state index is 12.6. The van der Waals surface area contributed by atoms with Crippen molar-refractivity contribution in [3.8, 4) is 5.75 Å². The number of thiophene rings is 1. The van der Waals surface area contributed by atoms with Crippen LogP contribution in [-0.4, -0.2) is 51.5 Å². The Hall–Kier alpha value is -3.77. The zero-order valence-corrected chi connectivity index (χ0v) is 19.0. The van der Waals surface area contributed by atoms with E-state index in [1.165, 1.54) is 23.5 Å². The van der Waals surface area contributed by atoms with Gasteiger partial charge in [0, 0.05) is 17.5 Å². The number of hydrogen-bond donors (Lipinski definition) is 5. The van der Waals surface area contributed by atoms with Gasteiger partial charge < -0.3 is 26.2 Å². The predicted octanol–water partition coefficient (Wildman–Crippen LogP) is 2.01.